The Hall–Kier alpha value is -2.12. The van der Waals surface area contributed by atoms with Gasteiger partial charge in [0.05, 0.1) is 19.4 Å². The van der Waals surface area contributed by atoms with Crippen molar-refractivity contribution >= 4 is 11.6 Å². The van der Waals surface area contributed by atoms with Crippen molar-refractivity contribution in [3.63, 3.8) is 0 Å². The van der Waals surface area contributed by atoms with Gasteiger partial charge in [-0.1, -0.05) is 0 Å². The highest BCUT2D eigenvalue weighted by Crippen LogP contribution is 2.23. The van der Waals surface area contributed by atoms with Crippen LogP contribution in [0.2, 0.25) is 0 Å². The zero-order valence-electron chi connectivity index (χ0n) is 13.4. The molecule has 1 fully saturated rings. The lowest BCUT2D eigenvalue weighted by molar-refractivity contribution is -0.141. The van der Waals surface area contributed by atoms with Gasteiger partial charge in [-0.15, -0.1) is 0 Å². The average molecular weight is 320 g/mol. The van der Waals surface area contributed by atoms with Crippen molar-refractivity contribution in [2.75, 3.05) is 19.8 Å². The van der Waals surface area contributed by atoms with Crippen LogP contribution >= 0.6 is 0 Å². The first-order chi connectivity index (χ1) is 11.0. The standard InChI is InChI=1S/C16H20N2O5/c1-4-20-15(19)13-8-17-14-7-11(5-6-18(13)14)21-9-12-10-22-16(2,3)23-12/h5-8,12H,4,9-10H2,1-3H3/t12-/m0/s1. The summed E-state index contributed by atoms with van der Waals surface area (Å²) in [5, 5.41) is 0. The highest BCUT2D eigenvalue weighted by molar-refractivity contribution is 5.88. The summed E-state index contributed by atoms with van der Waals surface area (Å²) in [4.78, 5) is 16.0. The predicted molar refractivity (Wildman–Crippen MR) is 81.5 cm³/mol. The number of hydrogen-bond acceptors (Lipinski definition) is 6. The minimum absolute atomic E-state index is 0.101. The SMILES string of the molecule is CCOC(=O)c1cnc2cc(OC[C@H]3COC(C)(C)O3)ccn12. The van der Waals surface area contributed by atoms with Gasteiger partial charge in [0.25, 0.3) is 0 Å². The highest BCUT2D eigenvalue weighted by atomic mass is 16.7. The molecule has 1 aliphatic rings. The summed E-state index contributed by atoms with van der Waals surface area (Å²) in [6, 6.07) is 3.54. The molecule has 0 bridgehead atoms. The maximum absolute atomic E-state index is 11.8. The Kier molecular flexibility index (Phi) is 4.23. The molecule has 7 nitrogen and oxygen atoms in total. The summed E-state index contributed by atoms with van der Waals surface area (Å²) in [6.07, 6.45) is 3.13. The van der Waals surface area contributed by atoms with E-state index >= 15 is 0 Å². The van der Waals surface area contributed by atoms with Crippen LogP contribution in [-0.2, 0) is 14.2 Å². The van der Waals surface area contributed by atoms with Gasteiger partial charge in [0, 0.05) is 12.3 Å². The third kappa shape index (κ3) is 3.46. The van der Waals surface area contributed by atoms with Crippen LogP contribution in [0.5, 0.6) is 5.75 Å². The minimum Gasteiger partial charge on any atom is -0.491 e. The number of aromatic nitrogens is 2. The molecule has 1 aliphatic heterocycles. The summed E-state index contributed by atoms with van der Waals surface area (Å²) < 4.78 is 23.6. The Bertz CT molecular complexity index is 710. The van der Waals surface area contributed by atoms with Gasteiger partial charge >= 0.3 is 5.97 Å². The van der Waals surface area contributed by atoms with Gasteiger partial charge in [0.1, 0.15) is 24.1 Å². The first kappa shape index (κ1) is 15.8. The number of nitrogens with zero attached hydrogens (tertiary/aromatic N) is 2. The summed E-state index contributed by atoms with van der Waals surface area (Å²) >= 11 is 0. The molecule has 3 heterocycles. The number of esters is 1. The van der Waals surface area contributed by atoms with E-state index in [1.54, 1.807) is 29.7 Å². The van der Waals surface area contributed by atoms with Gasteiger partial charge in [-0.3, -0.25) is 4.40 Å². The van der Waals surface area contributed by atoms with Crippen LogP contribution in [0.25, 0.3) is 5.65 Å². The molecule has 0 aliphatic carbocycles. The number of hydrogen-bond donors (Lipinski definition) is 0. The molecule has 7 heteroatoms. The van der Waals surface area contributed by atoms with Gasteiger partial charge in [-0.2, -0.15) is 0 Å². The molecule has 23 heavy (non-hydrogen) atoms. The Morgan fingerprint density at radius 3 is 3.04 bits per heavy atom. The summed E-state index contributed by atoms with van der Waals surface area (Å²) in [7, 11) is 0. The Morgan fingerprint density at radius 1 is 1.52 bits per heavy atom. The maximum Gasteiger partial charge on any atom is 0.356 e. The van der Waals surface area contributed by atoms with E-state index in [0.29, 0.717) is 36.9 Å². The molecule has 0 N–H and O–H groups in total. The van der Waals surface area contributed by atoms with E-state index in [-0.39, 0.29) is 6.10 Å². The molecule has 0 spiro atoms. The van der Waals surface area contributed by atoms with E-state index in [1.807, 2.05) is 13.8 Å². The van der Waals surface area contributed by atoms with E-state index < -0.39 is 11.8 Å². The Morgan fingerprint density at radius 2 is 2.35 bits per heavy atom. The van der Waals surface area contributed by atoms with Crippen LogP contribution in [0.15, 0.2) is 24.5 Å². The topological polar surface area (TPSA) is 71.3 Å². The fourth-order valence-corrected chi connectivity index (χ4v) is 2.44. The number of fused-ring (bicyclic) bond motifs is 1. The first-order valence-electron chi connectivity index (χ1n) is 7.57. The molecule has 2 aromatic heterocycles. The molecule has 2 aromatic rings. The molecule has 0 amide bonds. The largest absolute Gasteiger partial charge is 0.491 e. The predicted octanol–water partition coefficient (Wildman–Crippen LogP) is 2.04. The van der Waals surface area contributed by atoms with Gasteiger partial charge in [-0.05, 0) is 26.8 Å². The molecule has 3 rings (SSSR count). The molecule has 0 unspecified atom stereocenters. The summed E-state index contributed by atoms with van der Waals surface area (Å²) in [5.74, 6) is -0.297. The van der Waals surface area contributed by atoms with Gasteiger partial charge in [-0.25, -0.2) is 9.78 Å². The van der Waals surface area contributed by atoms with E-state index in [1.165, 1.54) is 6.20 Å². The average Bonchev–Trinajstić information content (AvgIpc) is 3.08. The Balaban J connectivity index is 1.68. The lowest BCUT2D eigenvalue weighted by Gasteiger charge is -2.17. The lowest BCUT2D eigenvalue weighted by Crippen LogP contribution is -2.25. The van der Waals surface area contributed by atoms with Crippen LogP contribution in [0.1, 0.15) is 31.3 Å². The smallest absolute Gasteiger partial charge is 0.356 e. The second-order valence-electron chi connectivity index (χ2n) is 5.72. The quantitative estimate of drug-likeness (QED) is 0.785. The molecule has 1 atom stereocenters. The van der Waals surface area contributed by atoms with Crippen molar-refractivity contribution < 1.29 is 23.7 Å². The number of ether oxygens (including phenoxy) is 4. The lowest BCUT2D eigenvalue weighted by atomic mass is 10.4. The van der Waals surface area contributed by atoms with Gasteiger partial charge in [0.15, 0.2) is 11.5 Å². The van der Waals surface area contributed by atoms with E-state index in [4.69, 9.17) is 18.9 Å². The van der Waals surface area contributed by atoms with Crippen LogP contribution in [0.3, 0.4) is 0 Å². The Labute approximate surface area is 134 Å². The highest BCUT2D eigenvalue weighted by Gasteiger charge is 2.32. The van der Waals surface area contributed by atoms with Crippen molar-refractivity contribution in [3.8, 4) is 5.75 Å². The molecule has 124 valence electrons. The van der Waals surface area contributed by atoms with Crippen molar-refractivity contribution in [1.29, 1.82) is 0 Å². The van der Waals surface area contributed by atoms with Crippen LogP contribution in [0, 0.1) is 0 Å². The summed E-state index contributed by atoms with van der Waals surface area (Å²) in [6.45, 7) is 6.74. The number of rotatable bonds is 5. The number of pyridine rings is 1. The maximum atomic E-state index is 11.8. The third-order valence-corrected chi connectivity index (χ3v) is 3.47. The fraction of sp³-hybridized carbons (Fsp3) is 0.500. The van der Waals surface area contributed by atoms with Crippen molar-refractivity contribution in [2.45, 2.75) is 32.7 Å². The number of carbonyl (C=O) groups excluding carboxylic acids is 1. The second-order valence-corrected chi connectivity index (χ2v) is 5.72. The molecule has 0 aromatic carbocycles. The van der Waals surface area contributed by atoms with Crippen LogP contribution < -0.4 is 4.74 Å². The zero-order chi connectivity index (χ0) is 16.4. The van der Waals surface area contributed by atoms with Gasteiger partial charge < -0.3 is 18.9 Å². The van der Waals surface area contributed by atoms with Crippen LogP contribution in [-0.4, -0.2) is 47.1 Å². The molecule has 1 saturated heterocycles. The van der Waals surface area contributed by atoms with Crippen molar-refractivity contribution in [2.24, 2.45) is 0 Å². The molecule has 0 radical (unpaired) electrons. The monoisotopic (exact) mass is 320 g/mol. The number of imidazole rings is 1. The molecule has 0 saturated carbocycles. The van der Waals surface area contributed by atoms with Crippen molar-refractivity contribution in [3.05, 3.63) is 30.2 Å². The second kappa shape index (κ2) is 6.17. The zero-order valence-corrected chi connectivity index (χ0v) is 13.4. The van der Waals surface area contributed by atoms with Crippen molar-refractivity contribution in [1.82, 2.24) is 9.38 Å². The fourth-order valence-electron chi connectivity index (χ4n) is 2.44. The van der Waals surface area contributed by atoms with E-state index in [2.05, 4.69) is 4.98 Å². The molecular weight excluding hydrogens is 300 g/mol. The number of carbonyl (C=O) groups is 1. The van der Waals surface area contributed by atoms with Crippen LogP contribution in [0.4, 0.5) is 0 Å². The minimum atomic E-state index is -0.560. The summed E-state index contributed by atoms with van der Waals surface area (Å²) in [5.41, 5.74) is 1.01. The normalized spacial score (nSPS) is 19.9. The van der Waals surface area contributed by atoms with E-state index in [0.717, 1.165) is 0 Å². The van der Waals surface area contributed by atoms with Gasteiger partial charge in [0.2, 0.25) is 0 Å². The molecular formula is C16H20N2O5. The first-order valence-corrected chi connectivity index (χ1v) is 7.57. The third-order valence-electron chi connectivity index (χ3n) is 3.47. The van der Waals surface area contributed by atoms with E-state index in [9.17, 15) is 4.79 Å².